The Balaban J connectivity index is 1.43. The lowest BCUT2D eigenvalue weighted by molar-refractivity contribution is 0.0999. The maximum Gasteiger partial charge on any atom is 0.255 e. The smallest absolute Gasteiger partial charge is 0.255 e. The summed E-state index contributed by atoms with van der Waals surface area (Å²) in [6, 6.07) is 21.6. The van der Waals surface area contributed by atoms with Crippen molar-refractivity contribution in [3.05, 3.63) is 95.3 Å². The van der Waals surface area contributed by atoms with Crippen LogP contribution in [0.2, 0.25) is 0 Å². The van der Waals surface area contributed by atoms with Gasteiger partial charge in [-0.1, -0.05) is 43.5 Å². The fraction of sp³-hybridized carbons (Fsp3) is 0.212. The molecule has 7 heteroatoms. The van der Waals surface area contributed by atoms with Gasteiger partial charge in [-0.15, -0.1) is 0 Å². The second-order valence-electron chi connectivity index (χ2n) is 10.6. The Morgan fingerprint density at radius 3 is 2.45 bits per heavy atom. The van der Waals surface area contributed by atoms with E-state index in [-0.39, 0.29) is 5.91 Å². The Morgan fingerprint density at radius 1 is 0.925 bits per heavy atom. The zero-order chi connectivity index (χ0) is 27.8. The quantitative estimate of drug-likeness (QED) is 0.181. The molecule has 2 amide bonds. The molecule has 1 aromatic heterocycles. The second kappa shape index (κ2) is 10.5. The molecule has 0 saturated heterocycles. The van der Waals surface area contributed by atoms with Gasteiger partial charge < -0.3 is 21.4 Å². The van der Waals surface area contributed by atoms with E-state index < -0.39 is 11.7 Å². The van der Waals surface area contributed by atoms with E-state index in [1.54, 1.807) is 6.07 Å². The van der Waals surface area contributed by atoms with Crippen molar-refractivity contribution in [1.82, 2.24) is 4.98 Å². The number of benzene rings is 4. The summed E-state index contributed by atoms with van der Waals surface area (Å²) in [5.41, 5.74) is 12.6. The van der Waals surface area contributed by atoms with E-state index in [1.165, 1.54) is 56.4 Å². The molecule has 0 aliphatic heterocycles. The van der Waals surface area contributed by atoms with Crippen LogP contribution < -0.4 is 16.4 Å². The van der Waals surface area contributed by atoms with Crippen molar-refractivity contribution in [3.8, 4) is 11.1 Å². The molecule has 0 unspecified atom stereocenters. The average Bonchev–Trinajstić information content (AvgIpc) is 3.33. The highest BCUT2D eigenvalue weighted by Gasteiger charge is 2.20. The molecule has 0 radical (unpaired) electrons. The van der Waals surface area contributed by atoms with Crippen LogP contribution in [0.15, 0.2) is 72.8 Å². The molecule has 6 rings (SSSR count). The van der Waals surface area contributed by atoms with Gasteiger partial charge in [-0.3, -0.25) is 9.59 Å². The number of aromatic nitrogens is 1. The van der Waals surface area contributed by atoms with Crippen LogP contribution in [0.4, 0.5) is 15.8 Å². The molecule has 1 fully saturated rings. The maximum atomic E-state index is 13.3. The number of amides is 2. The Labute approximate surface area is 231 Å². The summed E-state index contributed by atoms with van der Waals surface area (Å²) >= 11 is 0. The fourth-order valence-electron chi connectivity index (χ4n) is 5.87. The summed E-state index contributed by atoms with van der Waals surface area (Å²) in [4.78, 5) is 28.7. The molecule has 6 nitrogen and oxygen atoms in total. The lowest BCUT2D eigenvalue weighted by atomic mass is 9.93. The normalized spacial score (nSPS) is 13.9. The number of H-pyrrole nitrogens is 1. The third-order valence-electron chi connectivity index (χ3n) is 7.97. The fourth-order valence-corrected chi connectivity index (χ4v) is 5.87. The van der Waals surface area contributed by atoms with Gasteiger partial charge in [0.2, 0.25) is 0 Å². The monoisotopic (exact) mass is 534 g/mol. The van der Waals surface area contributed by atoms with Gasteiger partial charge >= 0.3 is 0 Å². The number of halogens is 1. The molecular weight excluding hydrogens is 503 g/mol. The second-order valence-corrected chi connectivity index (χ2v) is 10.6. The van der Waals surface area contributed by atoms with E-state index in [0.717, 1.165) is 38.7 Å². The van der Waals surface area contributed by atoms with Gasteiger partial charge in [0, 0.05) is 39.3 Å². The van der Waals surface area contributed by atoms with E-state index in [4.69, 9.17) is 5.73 Å². The van der Waals surface area contributed by atoms with E-state index in [2.05, 4.69) is 33.8 Å². The number of hydrogen-bond acceptors (Lipinski definition) is 3. The Hall–Kier alpha value is -4.65. The van der Waals surface area contributed by atoms with Crippen LogP contribution in [0.3, 0.4) is 0 Å². The number of rotatable bonds is 6. The summed E-state index contributed by atoms with van der Waals surface area (Å²) < 4.78 is 13.3. The van der Waals surface area contributed by atoms with E-state index >= 15 is 0 Å². The number of hydrogen-bond donors (Lipinski definition) is 4. The maximum absolute atomic E-state index is 13.3. The Bertz CT molecular complexity index is 1750. The van der Waals surface area contributed by atoms with Crippen LogP contribution >= 0.6 is 0 Å². The lowest BCUT2D eigenvalue weighted by Gasteiger charge is -2.23. The Kier molecular flexibility index (Phi) is 6.72. The molecule has 5 aromatic rings. The first kappa shape index (κ1) is 25.6. The molecular formula is C33H31FN4O2. The summed E-state index contributed by atoms with van der Waals surface area (Å²) in [6.07, 6.45) is 6.15. The third-order valence-corrected chi connectivity index (χ3v) is 7.97. The minimum absolute atomic E-state index is 0.320. The first-order chi connectivity index (χ1) is 19.4. The lowest BCUT2D eigenvalue weighted by Crippen LogP contribution is -2.22. The highest BCUT2D eigenvalue weighted by atomic mass is 19.1. The van der Waals surface area contributed by atoms with Gasteiger partial charge in [-0.05, 0) is 85.0 Å². The molecule has 0 atom stereocenters. The van der Waals surface area contributed by atoms with Crippen molar-refractivity contribution in [2.24, 2.45) is 5.73 Å². The predicted octanol–water partition coefficient (Wildman–Crippen LogP) is 7.53. The van der Waals surface area contributed by atoms with Crippen molar-refractivity contribution < 1.29 is 14.0 Å². The number of carbonyl (C=O) groups is 2. The predicted molar refractivity (Wildman–Crippen MR) is 159 cm³/mol. The zero-order valence-corrected chi connectivity index (χ0v) is 22.3. The summed E-state index contributed by atoms with van der Waals surface area (Å²) in [6.45, 7) is 1.95. The number of nitrogens with two attached hydrogens (primary N) is 1. The molecule has 5 N–H and O–H groups in total. The van der Waals surface area contributed by atoms with Crippen molar-refractivity contribution >= 4 is 45.0 Å². The number of primary amides is 1. The van der Waals surface area contributed by atoms with Gasteiger partial charge in [-0.25, -0.2) is 4.39 Å². The molecule has 0 bridgehead atoms. The van der Waals surface area contributed by atoms with Crippen LogP contribution in [0, 0.1) is 12.7 Å². The van der Waals surface area contributed by atoms with Gasteiger partial charge in [0.25, 0.3) is 11.8 Å². The standard InChI is InChI=1S/C33H31FN4O2/c1-19-24(8-5-9-28(19)38-33(40)20-10-12-21(34)13-11-20)25-16-17-27(32(35)39)31-30(25)26-15-14-23(18-29(26)37-31)36-22-6-3-2-4-7-22/h5,8-18,22,36-37H,2-4,6-7H2,1H3,(H2,35,39)(H,38,40). The molecule has 1 aliphatic rings. The van der Waals surface area contributed by atoms with Gasteiger partial charge in [0.05, 0.1) is 11.1 Å². The van der Waals surface area contributed by atoms with Gasteiger partial charge in [0.1, 0.15) is 5.82 Å². The SMILES string of the molecule is Cc1c(NC(=O)c2ccc(F)cc2)cccc1-c1ccc(C(N)=O)c2[nH]c3cc(NC4CCCCC4)ccc3c12. The van der Waals surface area contributed by atoms with E-state index in [9.17, 15) is 14.0 Å². The molecule has 1 aliphatic carbocycles. The van der Waals surface area contributed by atoms with Crippen molar-refractivity contribution in [1.29, 1.82) is 0 Å². The average molecular weight is 535 g/mol. The molecule has 40 heavy (non-hydrogen) atoms. The van der Waals surface area contributed by atoms with Crippen molar-refractivity contribution in [2.45, 2.75) is 45.1 Å². The van der Waals surface area contributed by atoms with Crippen LogP contribution in [0.5, 0.6) is 0 Å². The number of nitrogens with one attached hydrogen (secondary N) is 3. The highest BCUT2D eigenvalue weighted by molar-refractivity contribution is 6.20. The summed E-state index contributed by atoms with van der Waals surface area (Å²) in [5, 5.41) is 8.53. The molecule has 1 saturated carbocycles. The minimum atomic E-state index is -0.499. The molecule has 202 valence electrons. The zero-order valence-electron chi connectivity index (χ0n) is 22.3. The van der Waals surface area contributed by atoms with Crippen LogP contribution in [-0.4, -0.2) is 22.8 Å². The highest BCUT2D eigenvalue weighted by Crippen LogP contribution is 2.40. The molecule has 1 heterocycles. The Morgan fingerprint density at radius 2 is 1.70 bits per heavy atom. The molecule has 4 aromatic carbocycles. The number of anilines is 2. The summed E-state index contributed by atoms with van der Waals surface area (Å²) in [7, 11) is 0. The first-order valence-corrected chi connectivity index (χ1v) is 13.7. The van der Waals surface area contributed by atoms with Gasteiger partial charge in [-0.2, -0.15) is 0 Å². The van der Waals surface area contributed by atoms with E-state index in [0.29, 0.717) is 28.4 Å². The number of carbonyl (C=O) groups excluding carboxylic acids is 2. The van der Waals surface area contributed by atoms with Crippen LogP contribution in [0.1, 0.15) is 58.4 Å². The third kappa shape index (κ3) is 4.79. The van der Waals surface area contributed by atoms with E-state index in [1.807, 2.05) is 31.2 Å². The van der Waals surface area contributed by atoms with Crippen molar-refractivity contribution in [2.75, 3.05) is 10.6 Å². The van der Waals surface area contributed by atoms with Crippen LogP contribution in [-0.2, 0) is 0 Å². The largest absolute Gasteiger partial charge is 0.382 e. The number of aromatic amines is 1. The summed E-state index contributed by atoms with van der Waals surface area (Å²) in [5.74, 6) is -1.21. The first-order valence-electron chi connectivity index (χ1n) is 13.7. The van der Waals surface area contributed by atoms with Gasteiger partial charge in [0.15, 0.2) is 0 Å². The van der Waals surface area contributed by atoms with Crippen LogP contribution in [0.25, 0.3) is 32.9 Å². The topological polar surface area (TPSA) is 100 Å². The minimum Gasteiger partial charge on any atom is -0.382 e. The number of fused-ring (bicyclic) bond motifs is 3. The van der Waals surface area contributed by atoms with Crippen molar-refractivity contribution in [3.63, 3.8) is 0 Å². The molecule has 0 spiro atoms.